The quantitative estimate of drug-likeness (QED) is 0.777. The second-order valence-electron chi connectivity index (χ2n) is 5.83. The molecule has 3 heterocycles. The van der Waals surface area contributed by atoms with E-state index < -0.39 is 16.1 Å². The molecule has 0 spiro atoms. The summed E-state index contributed by atoms with van der Waals surface area (Å²) in [4.78, 5) is 20.5. The number of amides is 1. The van der Waals surface area contributed by atoms with E-state index in [9.17, 15) is 13.2 Å². The molecular formula is C15H19N5O4S. The number of carbonyl (C=O) groups is 1. The van der Waals surface area contributed by atoms with Gasteiger partial charge in [-0.05, 0) is 25.0 Å². The molecule has 2 aromatic rings. The summed E-state index contributed by atoms with van der Waals surface area (Å²) in [5, 5.41) is 6.62. The highest BCUT2D eigenvalue weighted by Crippen LogP contribution is 2.20. The Morgan fingerprint density at radius 2 is 2.32 bits per heavy atom. The first-order valence-corrected chi connectivity index (χ1v) is 9.77. The van der Waals surface area contributed by atoms with E-state index >= 15 is 0 Å². The van der Waals surface area contributed by atoms with Gasteiger partial charge in [0.2, 0.25) is 27.6 Å². The normalized spacial score (nSPS) is 18.4. The largest absolute Gasteiger partial charge is 0.354 e. The monoisotopic (exact) mass is 365 g/mol. The second-order valence-corrected chi connectivity index (χ2v) is 7.76. The van der Waals surface area contributed by atoms with Gasteiger partial charge in [0.1, 0.15) is 6.04 Å². The Balaban J connectivity index is 1.53. The lowest BCUT2D eigenvalue weighted by Gasteiger charge is -2.21. The van der Waals surface area contributed by atoms with Gasteiger partial charge in [-0.2, -0.15) is 9.29 Å². The highest BCUT2D eigenvalue weighted by atomic mass is 32.2. The van der Waals surface area contributed by atoms with Gasteiger partial charge in [0, 0.05) is 37.5 Å². The van der Waals surface area contributed by atoms with Gasteiger partial charge in [0.15, 0.2) is 0 Å². The van der Waals surface area contributed by atoms with E-state index in [1.807, 2.05) is 6.07 Å². The molecule has 0 radical (unpaired) electrons. The van der Waals surface area contributed by atoms with Crippen molar-refractivity contribution in [3.05, 3.63) is 30.4 Å². The van der Waals surface area contributed by atoms with Crippen molar-refractivity contribution in [3.63, 3.8) is 0 Å². The molecule has 10 heteroatoms. The zero-order valence-electron chi connectivity index (χ0n) is 13.8. The molecule has 0 unspecified atom stereocenters. The predicted molar refractivity (Wildman–Crippen MR) is 88.8 cm³/mol. The molecule has 134 valence electrons. The third kappa shape index (κ3) is 4.20. The van der Waals surface area contributed by atoms with Gasteiger partial charge in [0.25, 0.3) is 0 Å². The zero-order valence-corrected chi connectivity index (χ0v) is 14.6. The van der Waals surface area contributed by atoms with E-state index in [4.69, 9.17) is 4.52 Å². The van der Waals surface area contributed by atoms with Crippen molar-refractivity contribution in [2.24, 2.45) is 0 Å². The summed E-state index contributed by atoms with van der Waals surface area (Å²) in [5.74, 6) is 0.536. The molecule has 1 aliphatic rings. The molecular weight excluding hydrogens is 346 g/mol. The number of carbonyl (C=O) groups excluding carboxylic acids is 1. The molecule has 0 saturated carbocycles. The SMILES string of the molecule is CS(=O)(=O)N1CCC[C@H]1C(=O)NCCc1nc(-c2cccnc2)no1. The molecule has 1 amide bonds. The number of hydrogen-bond acceptors (Lipinski definition) is 7. The van der Waals surface area contributed by atoms with E-state index in [1.165, 1.54) is 4.31 Å². The molecule has 1 atom stereocenters. The van der Waals surface area contributed by atoms with Gasteiger partial charge >= 0.3 is 0 Å². The molecule has 3 rings (SSSR count). The zero-order chi connectivity index (χ0) is 17.9. The van der Waals surface area contributed by atoms with Crippen LogP contribution in [0.2, 0.25) is 0 Å². The standard InChI is InChI=1S/C15H19N5O4S/c1-25(22,23)20-9-3-5-12(20)15(21)17-8-6-13-18-14(19-24-13)11-4-2-7-16-10-11/h2,4,7,10,12H,3,5-6,8-9H2,1H3,(H,17,21)/t12-/m0/s1. The molecule has 1 aliphatic heterocycles. The number of rotatable bonds is 6. The Labute approximate surface area is 145 Å². The average Bonchev–Trinajstić information content (AvgIpc) is 3.24. The molecule has 25 heavy (non-hydrogen) atoms. The Hall–Kier alpha value is -2.33. The van der Waals surface area contributed by atoms with Gasteiger partial charge in [-0.1, -0.05) is 5.16 Å². The van der Waals surface area contributed by atoms with Crippen molar-refractivity contribution in [1.29, 1.82) is 0 Å². The van der Waals surface area contributed by atoms with Crippen LogP contribution in [0.3, 0.4) is 0 Å². The Kier molecular flexibility index (Phi) is 5.09. The van der Waals surface area contributed by atoms with Crippen molar-refractivity contribution >= 4 is 15.9 Å². The van der Waals surface area contributed by atoms with Crippen LogP contribution in [0.4, 0.5) is 0 Å². The number of sulfonamides is 1. The van der Waals surface area contributed by atoms with Crippen molar-refractivity contribution in [3.8, 4) is 11.4 Å². The van der Waals surface area contributed by atoms with Gasteiger partial charge in [-0.3, -0.25) is 9.78 Å². The minimum absolute atomic E-state index is 0.293. The topological polar surface area (TPSA) is 118 Å². The number of aromatic nitrogens is 3. The van der Waals surface area contributed by atoms with Gasteiger partial charge in [-0.25, -0.2) is 8.42 Å². The molecule has 9 nitrogen and oxygen atoms in total. The maximum atomic E-state index is 12.2. The molecule has 1 N–H and O–H groups in total. The summed E-state index contributed by atoms with van der Waals surface area (Å²) >= 11 is 0. The second kappa shape index (κ2) is 7.28. The fourth-order valence-electron chi connectivity index (χ4n) is 2.78. The third-order valence-corrected chi connectivity index (χ3v) is 5.25. The fraction of sp³-hybridized carbons (Fsp3) is 0.467. The first-order valence-electron chi connectivity index (χ1n) is 7.92. The summed E-state index contributed by atoms with van der Waals surface area (Å²) < 4.78 is 29.8. The molecule has 0 bridgehead atoms. The van der Waals surface area contributed by atoms with Crippen LogP contribution in [0.5, 0.6) is 0 Å². The Bertz CT molecular complexity index is 837. The van der Waals surface area contributed by atoms with Gasteiger partial charge in [-0.15, -0.1) is 0 Å². The highest BCUT2D eigenvalue weighted by Gasteiger charge is 2.36. The van der Waals surface area contributed by atoms with E-state index in [2.05, 4.69) is 20.4 Å². The first kappa shape index (κ1) is 17.5. The van der Waals surface area contributed by atoms with Crippen molar-refractivity contribution in [2.45, 2.75) is 25.3 Å². The number of pyridine rings is 1. The lowest BCUT2D eigenvalue weighted by Crippen LogP contribution is -2.45. The molecule has 0 aliphatic carbocycles. The molecule has 1 saturated heterocycles. The third-order valence-electron chi connectivity index (χ3n) is 3.96. The molecule has 1 fully saturated rings. The van der Waals surface area contributed by atoms with E-state index in [0.717, 1.165) is 11.8 Å². The lowest BCUT2D eigenvalue weighted by atomic mass is 10.2. The fourth-order valence-corrected chi connectivity index (χ4v) is 3.90. The van der Waals surface area contributed by atoms with E-state index in [0.29, 0.717) is 44.1 Å². The van der Waals surface area contributed by atoms with E-state index in [-0.39, 0.29) is 5.91 Å². The first-order chi connectivity index (χ1) is 11.9. The minimum atomic E-state index is -3.38. The van der Waals surface area contributed by atoms with Crippen LogP contribution in [0.25, 0.3) is 11.4 Å². The van der Waals surface area contributed by atoms with Gasteiger partial charge < -0.3 is 9.84 Å². The van der Waals surface area contributed by atoms with Gasteiger partial charge in [0.05, 0.1) is 6.26 Å². The maximum Gasteiger partial charge on any atom is 0.238 e. The van der Waals surface area contributed by atoms with Crippen LogP contribution >= 0.6 is 0 Å². The average molecular weight is 365 g/mol. The Morgan fingerprint density at radius 3 is 3.04 bits per heavy atom. The van der Waals surface area contributed by atoms with Crippen molar-refractivity contribution < 1.29 is 17.7 Å². The van der Waals surface area contributed by atoms with Crippen LogP contribution in [-0.2, 0) is 21.2 Å². The summed E-state index contributed by atoms with van der Waals surface area (Å²) in [5.41, 5.74) is 0.747. The number of nitrogens with one attached hydrogen (secondary N) is 1. The minimum Gasteiger partial charge on any atom is -0.354 e. The lowest BCUT2D eigenvalue weighted by molar-refractivity contribution is -0.124. The smallest absolute Gasteiger partial charge is 0.238 e. The van der Waals surface area contributed by atoms with E-state index in [1.54, 1.807) is 18.5 Å². The maximum absolute atomic E-state index is 12.2. The van der Waals surface area contributed by atoms with Crippen molar-refractivity contribution in [2.75, 3.05) is 19.3 Å². The number of nitrogens with zero attached hydrogens (tertiary/aromatic N) is 4. The summed E-state index contributed by atoms with van der Waals surface area (Å²) in [7, 11) is -3.38. The van der Waals surface area contributed by atoms with Crippen molar-refractivity contribution in [1.82, 2.24) is 24.7 Å². The van der Waals surface area contributed by atoms with Crippen LogP contribution in [-0.4, -0.2) is 59.1 Å². The van der Waals surface area contributed by atoms with Crippen LogP contribution in [0.15, 0.2) is 29.0 Å². The Morgan fingerprint density at radius 1 is 1.48 bits per heavy atom. The summed E-state index contributed by atoms with van der Waals surface area (Å²) in [6.45, 7) is 0.677. The predicted octanol–water partition coefficient (Wildman–Crippen LogP) is 0.214. The van der Waals surface area contributed by atoms with Crippen LogP contribution in [0.1, 0.15) is 18.7 Å². The summed E-state index contributed by atoms with van der Waals surface area (Å²) in [6.07, 6.45) is 5.99. The summed E-state index contributed by atoms with van der Waals surface area (Å²) in [6, 6.07) is 2.97. The van der Waals surface area contributed by atoms with Crippen LogP contribution < -0.4 is 5.32 Å². The number of hydrogen-bond donors (Lipinski definition) is 1. The molecule has 2 aromatic heterocycles. The molecule has 0 aromatic carbocycles. The highest BCUT2D eigenvalue weighted by molar-refractivity contribution is 7.88. The van der Waals surface area contributed by atoms with Crippen LogP contribution in [0, 0.1) is 0 Å².